The summed E-state index contributed by atoms with van der Waals surface area (Å²) in [5.74, 6) is 0. The zero-order valence-electron chi connectivity index (χ0n) is 12.8. The summed E-state index contributed by atoms with van der Waals surface area (Å²) in [6.45, 7) is 4.19. The Labute approximate surface area is 127 Å². The molecule has 0 amide bonds. The lowest BCUT2D eigenvalue weighted by atomic mass is 10.0. The molecule has 4 atom stereocenters. The number of allylic oxidation sites excluding steroid dienone is 1. The molecule has 0 radical (unpaired) electrons. The van der Waals surface area contributed by atoms with E-state index in [0.717, 1.165) is 19.3 Å². The van der Waals surface area contributed by atoms with Gasteiger partial charge in [-0.25, -0.2) is 0 Å². The molecule has 21 heavy (non-hydrogen) atoms. The monoisotopic (exact) mass is 302 g/mol. The first kappa shape index (κ1) is 18.6. The van der Waals surface area contributed by atoms with Crippen molar-refractivity contribution in [1.29, 1.82) is 0 Å². The van der Waals surface area contributed by atoms with E-state index in [0.29, 0.717) is 6.61 Å². The van der Waals surface area contributed by atoms with Crippen molar-refractivity contribution >= 4 is 0 Å². The Hall–Kier alpha value is -0.460. The van der Waals surface area contributed by atoms with Gasteiger partial charge in [0.15, 0.2) is 0 Å². The van der Waals surface area contributed by atoms with Crippen molar-refractivity contribution in [1.82, 2.24) is 0 Å². The second kappa shape index (κ2) is 11.2. The number of aliphatic hydroxyl groups excluding tert-OH is 3. The van der Waals surface area contributed by atoms with Crippen LogP contribution in [0.3, 0.4) is 0 Å². The van der Waals surface area contributed by atoms with Gasteiger partial charge in [-0.3, -0.25) is 0 Å². The molecule has 124 valence electrons. The normalized spacial score (nSPS) is 29.5. The van der Waals surface area contributed by atoms with E-state index in [4.69, 9.17) is 14.6 Å². The average molecular weight is 302 g/mol. The van der Waals surface area contributed by atoms with Crippen LogP contribution < -0.4 is 0 Å². The van der Waals surface area contributed by atoms with Crippen LogP contribution in [0.1, 0.15) is 44.9 Å². The fraction of sp³-hybridized carbons (Fsp3) is 0.875. The molecule has 0 aromatic heterocycles. The Morgan fingerprint density at radius 1 is 1.05 bits per heavy atom. The van der Waals surface area contributed by atoms with Crippen LogP contribution in [0.2, 0.25) is 0 Å². The molecule has 0 saturated carbocycles. The van der Waals surface area contributed by atoms with Gasteiger partial charge in [0.1, 0.15) is 24.4 Å². The van der Waals surface area contributed by atoms with Crippen LogP contribution in [0, 0.1) is 0 Å². The zero-order chi connectivity index (χ0) is 15.5. The van der Waals surface area contributed by atoms with Gasteiger partial charge in [0, 0.05) is 6.61 Å². The standard InChI is InChI=1S/C16H30O5/c1-2-3-4-5-6-7-8-9-10-20-14-12-21-13(11-17)15(18)16(14)19/h2,13-19H,1,3-12H2/t13-,14+,15-,16-/m1/s1. The summed E-state index contributed by atoms with van der Waals surface area (Å²) in [5.41, 5.74) is 0. The van der Waals surface area contributed by atoms with Crippen LogP contribution in [0.15, 0.2) is 12.7 Å². The minimum atomic E-state index is -1.08. The van der Waals surface area contributed by atoms with E-state index in [-0.39, 0.29) is 13.2 Å². The molecule has 1 heterocycles. The number of rotatable bonds is 11. The Morgan fingerprint density at radius 2 is 1.71 bits per heavy atom. The molecule has 0 aromatic rings. The van der Waals surface area contributed by atoms with Crippen LogP contribution in [0.5, 0.6) is 0 Å². The molecule has 0 bridgehead atoms. The third-order valence-electron chi connectivity index (χ3n) is 3.90. The maximum absolute atomic E-state index is 9.89. The molecule has 0 unspecified atom stereocenters. The highest BCUT2D eigenvalue weighted by Gasteiger charge is 2.38. The van der Waals surface area contributed by atoms with Crippen molar-refractivity contribution in [2.24, 2.45) is 0 Å². The fourth-order valence-electron chi connectivity index (χ4n) is 2.50. The highest BCUT2D eigenvalue weighted by atomic mass is 16.6. The Balaban J connectivity index is 2.01. The summed E-state index contributed by atoms with van der Waals surface area (Å²) in [5, 5.41) is 28.6. The lowest BCUT2D eigenvalue weighted by molar-refractivity contribution is -0.208. The Morgan fingerprint density at radius 3 is 2.38 bits per heavy atom. The van der Waals surface area contributed by atoms with E-state index in [2.05, 4.69) is 6.58 Å². The van der Waals surface area contributed by atoms with E-state index in [1.165, 1.54) is 25.7 Å². The van der Waals surface area contributed by atoms with Crippen molar-refractivity contribution in [2.75, 3.05) is 19.8 Å². The molecule has 1 aliphatic heterocycles. The van der Waals surface area contributed by atoms with Crippen LogP contribution in [0.4, 0.5) is 0 Å². The summed E-state index contributed by atoms with van der Waals surface area (Å²) in [6.07, 6.45) is 6.72. The predicted molar refractivity (Wildman–Crippen MR) is 81.1 cm³/mol. The number of hydrogen-bond donors (Lipinski definition) is 3. The molecule has 1 rings (SSSR count). The molecule has 5 nitrogen and oxygen atoms in total. The molecule has 3 N–H and O–H groups in total. The third kappa shape index (κ3) is 6.89. The molecule has 5 heteroatoms. The van der Waals surface area contributed by atoms with Gasteiger partial charge in [-0.05, 0) is 19.3 Å². The predicted octanol–water partition coefficient (Wildman–Crippen LogP) is 1.40. The second-order valence-corrected chi connectivity index (χ2v) is 5.64. The van der Waals surface area contributed by atoms with Crippen LogP contribution >= 0.6 is 0 Å². The van der Waals surface area contributed by atoms with Gasteiger partial charge < -0.3 is 24.8 Å². The number of unbranched alkanes of at least 4 members (excludes halogenated alkanes) is 6. The van der Waals surface area contributed by atoms with Crippen molar-refractivity contribution in [3.05, 3.63) is 12.7 Å². The Kier molecular flexibility index (Phi) is 9.87. The quantitative estimate of drug-likeness (QED) is 0.397. The van der Waals surface area contributed by atoms with Crippen molar-refractivity contribution < 1.29 is 24.8 Å². The van der Waals surface area contributed by atoms with Crippen LogP contribution in [0.25, 0.3) is 0 Å². The first-order valence-corrected chi connectivity index (χ1v) is 8.01. The summed E-state index contributed by atoms with van der Waals surface area (Å²) >= 11 is 0. The van der Waals surface area contributed by atoms with Gasteiger partial charge in [0.25, 0.3) is 0 Å². The first-order valence-electron chi connectivity index (χ1n) is 8.01. The number of aliphatic hydroxyl groups is 3. The SMILES string of the molecule is C=CCCCCCCCCO[C@H]1CO[C@H](CO)[C@@H](O)[C@@H]1O. The van der Waals surface area contributed by atoms with Gasteiger partial charge in [-0.2, -0.15) is 0 Å². The van der Waals surface area contributed by atoms with E-state index in [1.54, 1.807) is 0 Å². The topological polar surface area (TPSA) is 79.2 Å². The highest BCUT2D eigenvalue weighted by Crippen LogP contribution is 2.18. The van der Waals surface area contributed by atoms with Crippen molar-refractivity contribution in [3.63, 3.8) is 0 Å². The van der Waals surface area contributed by atoms with Crippen molar-refractivity contribution in [2.45, 2.75) is 69.4 Å². The molecule has 1 saturated heterocycles. The minimum Gasteiger partial charge on any atom is -0.394 e. The van der Waals surface area contributed by atoms with E-state index in [9.17, 15) is 10.2 Å². The van der Waals surface area contributed by atoms with E-state index >= 15 is 0 Å². The van der Waals surface area contributed by atoms with Gasteiger partial charge in [0.2, 0.25) is 0 Å². The summed E-state index contributed by atoms with van der Waals surface area (Å²) in [6, 6.07) is 0. The molecule has 1 fully saturated rings. The van der Waals surface area contributed by atoms with Gasteiger partial charge in [-0.15, -0.1) is 6.58 Å². The summed E-state index contributed by atoms with van der Waals surface area (Å²) in [7, 11) is 0. The lowest BCUT2D eigenvalue weighted by Gasteiger charge is -2.36. The van der Waals surface area contributed by atoms with E-state index < -0.39 is 24.4 Å². The summed E-state index contributed by atoms with van der Waals surface area (Å²) in [4.78, 5) is 0. The lowest BCUT2D eigenvalue weighted by Crippen LogP contribution is -2.55. The maximum Gasteiger partial charge on any atom is 0.111 e. The number of ether oxygens (including phenoxy) is 2. The maximum atomic E-state index is 9.89. The Bertz CT molecular complexity index is 271. The third-order valence-corrected chi connectivity index (χ3v) is 3.90. The molecule has 1 aliphatic rings. The molecular formula is C16H30O5. The van der Waals surface area contributed by atoms with Gasteiger partial charge in [0.05, 0.1) is 13.2 Å². The van der Waals surface area contributed by atoms with E-state index in [1.807, 2.05) is 6.08 Å². The molecular weight excluding hydrogens is 272 g/mol. The van der Waals surface area contributed by atoms with Crippen LogP contribution in [-0.2, 0) is 9.47 Å². The van der Waals surface area contributed by atoms with Gasteiger partial charge in [-0.1, -0.05) is 31.8 Å². The molecule has 0 aromatic carbocycles. The number of hydrogen-bond acceptors (Lipinski definition) is 5. The fourth-order valence-corrected chi connectivity index (χ4v) is 2.50. The second-order valence-electron chi connectivity index (χ2n) is 5.64. The average Bonchev–Trinajstić information content (AvgIpc) is 2.50. The largest absolute Gasteiger partial charge is 0.394 e. The summed E-state index contributed by atoms with van der Waals surface area (Å²) < 4.78 is 10.8. The van der Waals surface area contributed by atoms with Crippen molar-refractivity contribution in [3.8, 4) is 0 Å². The van der Waals surface area contributed by atoms with Gasteiger partial charge >= 0.3 is 0 Å². The zero-order valence-corrected chi connectivity index (χ0v) is 12.8. The minimum absolute atomic E-state index is 0.213. The smallest absolute Gasteiger partial charge is 0.111 e. The highest BCUT2D eigenvalue weighted by molar-refractivity contribution is 4.87. The first-order chi connectivity index (χ1) is 10.2. The molecule has 0 spiro atoms. The van der Waals surface area contributed by atoms with Crippen LogP contribution in [-0.4, -0.2) is 59.6 Å². The molecule has 0 aliphatic carbocycles.